The molecule has 41 heavy (non-hydrogen) atoms. The molecule has 0 saturated heterocycles. The average molecular weight is 575 g/mol. The Morgan fingerprint density at radius 2 is 1.32 bits per heavy atom. The maximum absolute atomic E-state index is 14.7. The molecule has 2 nitrogen and oxygen atoms in total. The lowest BCUT2D eigenvalue weighted by molar-refractivity contribution is -0.185. The Hall–Kier alpha value is -4.27. The minimum atomic E-state index is -3.98. The molecule has 0 amide bonds. The number of hydrogen-bond donors (Lipinski definition) is 0. The van der Waals surface area contributed by atoms with Crippen molar-refractivity contribution < 1.29 is 40.2 Å². The first-order valence-electron chi connectivity index (χ1n) is 12.8. The molecule has 0 unspecified atom stereocenters. The lowest BCUT2D eigenvalue weighted by Gasteiger charge is -2.19. The summed E-state index contributed by atoms with van der Waals surface area (Å²) >= 11 is 0. The molecule has 0 fully saturated rings. The Morgan fingerprint density at radius 1 is 0.732 bits per heavy atom. The Balaban J connectivity index is 1.46. The van der Waals surface area contributed by atoms with Crippen LogP contribution in [0.1, 0.15) is 37.3 Å². The maximum Gasteiger partial charge on any atom is 0.426 e. The zero-order valence-corrected chi connectivity index (χ0v) is 21.9. The quantitative estimate of drug-likeness (QED) is 0.101. The van der Waals surface area contributed by atoms with Gasteiger partial charge in [0.05, 0.1) is 5.56 Å². The van der Waals surface area contributed by atoms with Gasteiger partial charge in [-0.25, -0.2) is 13.2 Å². The number of ether oxygens (including phenoxy) is 2. The lowest BCUT2D eigenvalue weighted by atomic mass is 9.97. The van der Waals surface area contributed by atoms with Crippen molar-refractivity contribution in [3.8, 4) is 33.8 Å². The van der Waals surface area contributed by atoms with Gasteiger partial charge in [0.2, 0.25) is 0 Å². The molecule has 0 N–H and O–H groups in total. The van der Waals surface area contributed by atoms with Crippen LogP contribution in [0.15, 0.2) is 91.2 Å². The standard InChI is InChI=1S/C32H25F7O2/c1-2-3-4-5-20-6-15-26(27(33)16-20)23-9-7-21(8-10-23)22-11-13-24(14-12-22)32(38,39)41-25-17-28(34)31(29(35)18-25)40-19-30(36)37/h6-19H,2-5H2,1H3. The molecule has 4 aromatic rings. The van der Waals surface area contributed by atoms with Crippen LogP contribution in [0, 0.1) is 17.5 Å². The molecule has 0 saturated carbocycles. The fourth-order valence-corrected chi connectivity index (χ4v) is 4.24. The van der Waals surface area contributed by atoms with Gasteiger partial charge in [0.1, 0.15) is 11.6 Å². The number of unbranched alkanes of at least 4 members (excludes halogenated alkanes) is 2. The molecule has 0 heterocycles. The summed E-state index contributed by atoms with van der Waals surface area (Å²) in [6.45, 7) is 2.11. The summed E-state index contributed by atoms with van der Waals surface area (Å²) in [6, 6.07) is 18.0. The maximum atomic E-state index is 14.7. The van der Waals surface area contributed by atoms with E-state index in [4.69, 9.17) is 0 Å². The first kappa shape index (κ1) is 29.7. The topological polar surface area (TPSA) is 18.5 Å². The van der Waals surface area contributed by atoms with Gasteiger partial charge in [-0.15, -0.1) is 0 Å². The SMILES string of the molecule is CCCCCc1ccc(-c2ccc(-c3ccc(C(F)(F)Oc4cc(F)c(OC=C(F)F)c(F)c4)cc3)cc2)c(F)c1. The van der Waals surface area contributed by atoms with Gasteiger partial charge in [0, 0.05) is 17.7 Å². The molecule has 0 bridgehead atoms. The van der Waals surface area contributed by atoms with E-state index >= 15 is 0 Å². The monoisotopic (exact) mass is 574 g/mol. The van der Waals surface area contributed by atoms with E-state index in [1.807, 2.05) is 6.07 Å². The van der Waals surface area contributed by atoms with Crippen molar-refractivity contribution in [2.24, 2.45) is 0 Å². The molecular formula is C32H25F7O2. The van der Waals surface area contributed by atoms with Crippen LogP contribution in [0.5, 0.6) is 11.5 Å². The third-order valence-electron chi connectivity index (χ3n) is 6.34. The fourth-order valence-electron chi connectivity index (χ4n) is 4.24. The van der Waals surface area contributed by atoms with E-state index < -0.39 is 40.9 Å². The second-order valence-corrected chi connectivity index (χ2v) is 9.29. The largest absolute Gasteiger partial charge is 0.453 e. The zero-order valence-electron chi connectivity index (χ0n) is 21.9. The normalized spacial score (nSPS) is 11.3. The Bertz CT molecular complexity index is 1490. The first-order chi connectivity index (χ1) is 19.6. The molecule has 0 atom stereocenters. The van der Waals surface area contributed by atoms with Crippen LogP contribution in [0.4, 0.5) is 30.7 Å². The summed E-state index contributed by atoms with van der Waals surface area (Å²) in [6.07, 6.45) is -2.50. The number of hydrogen-bond acceptors (Lipinski definition) is 2. The Kier molecular flexibility index (Phi) is 9.37. The summed E-state index contributed by atoms with van der Waals surface area (Å²) in [5, 5.41) is 0. The van der Waals surface area contributed by atoms with Crippen LogP contribution in [0.3, 0.4) is 0 Å². The molecule has 214 valence electrons. The number of halogens is 7. The highest BCUT2D eigenvalue weighted by Gasteiger charge is 2.35. The second-order valence-electron chi connectivity index (χ2n) is 9.29. The van der Waals surface area contributed by atoms with Crippen LogP contribution >= 0.6 is 0 Å². The average Bonchev–Trinajstić information content (AvgIpc) is 2.93. The van der Waals surface area contributed by atoms with E-state index in [0.29, 0.717) is 34.4 Å². The van der Waals surface area contributed by atoms with E-state index in [1.54, 1.807) is 36.4 Å². The van der Waals surface area contributed by atoms with Gasteiger partial charge >= 0.3 is 12.2 Å². The summed E-state index contributed by atoms with van der Waals surface area (Å²) < 4.78 is 105. The Morgan fingerprint density at radius 3 is 1.88 bits per heavy atom. The lowest BCUT2D eigenvalue weighted by Crippen LogP contribution is -2.22. The van der Waals surface area contributed by atoms with Crippen LogP contribution < -0.4 is 9.47 Å². The van der Waals surface area contributed by atoms with E-state index in [1.165, 1.54) is 12.1 Å². The third-order valence-corrected chi connectivity index (χ3v) is 6.34. The van der Waals surface area contributed by atoms with Gasteiger partial charge in [-0.3, -0.25) is 0 Å². The summed E-state index contributed by atoms with van der Waals surface area (Å²) in [4.78, 5) is 0. The van der Waals surface area contributed by atoms with Crippen LogP contribution in [-0.2, 0) is 12.5 Å². The molecule has 0 aliphatic heterocycles. The Labute approximate surface area is 232 Å². The smallest absolute Gasteiger partial charge is 0.426 e. The third kappa shape index (κ3) is 7.48. The molecular weight excluding hydrogens is 549 g/mol. The van der Waals surface area contributed by atoms with Crippen molar-refractivity contribution in [1.29, 1.82) is 0 Å². The molecule has 0 radical (unpaired) electrons. The molecule has 0 aliphatic carbocycles. The van der Waals surface area contributed by atoms with Crippen molar-refractivity contribution in [2.45, 2.75) is 38.7 Å². The molecule has 0 spiro atoms. The highest BCUT2D eigenvalue weighted by atomic mass is 19.3. The molecule has 0 aromatic heterocycles. The summed E-state index contributed by atoms with van der Waals surface area (Å²) in [7, 11) is 0. The van der Waals surface area contributed by atoms with Gasteiger partial charge in [-0.1, -0.05) is 68.3 Å². The zero-order chi connectivity index (χ0) is 29.6. The molecule has 4 rings (SSSR count). The van der Waals surface area contributed by atoms with Gasteiger partial charge < -0.3 is 9.47 Å². The molecule has 9 heteroatoms. The number of aryl methyl sites for hydroxylation is 1. The van der Waals surface area contributed by atoms with Crippen LogP contribution in [-0.4, -0.2) is 0 Å². The second kappa shape index (κ2) is 12.9. The highest BCUT2D eigenvalue weighted by Crippen LogP contribution is 2.36. The number of benzene rings is 4. The highest BCUT2D eigenvalue weighted by molar-refractivity contribution is 5.71. The van der Waals surface area contributed by atoms with Crippen molar-refractivity contribution in [3.05, 3.63) is 120 Å². The number of rotatable bonds is 11. The fraction of sp³-hybridized carbons (Fsp3) is 0.188. The van der Waals surface area contributed by atoms with E-state index in [9.17, 15) is 30.7 Å². The molecule has 4 aromatic carbocycles. The van der Waals surface area contributed by atoms with E-state index in [2.05, 4.69) is 16.4 Å². The number of alkyl halides is 2. The van der Waals surface area contributed by atoms with Crippen molar-refractivity contribution in [2.75, 3.05) is 0 Å². The summed E-state index contributed by atoms with van der Waals surface area (Å²) in [5.74, 6) is -5.38. The van der Waals surface area contributed by atoms with Gasteiger partial charge in [0.15, 0.2) is 23.6 Å². The van der Waals surface area contributed by atoms with Crippen molar-refractivity contribution >= 4 is 0 Å². The van der Waals surface area contributed by atoms with Crippen molar-refractivity contribution in [3.63, 3.8) is 0 Å². The van der Waals surface area contributed by atoms with Crippen LogP contribution in [0.2, 0.25) is 0 Å². The predicted octanol–water partition coefficient (Wildman–Crippen LogP) is 10.4. The van der Waals surface area contributed by atoms with Crippen molar-refractivity contribution in [1.82, 2.24) is 0 Å². The van der Waals surface area contributed by atoms with Gasteiger partial charge in [-0.05, 0) is 53.3 Å². The van der Waals surface area contributed by atoms with E-state index in [0.717, 1.165) is 43.4 Å². The van der Waals surface area contributed by atoms with E-state index in [-0.39, 0.29) is 12.1 Å². The minimum Gasteiger partial charge on any atom is -0.453 e. The summed E-state index contributed by atoms with van der Waals surface area (Å²) in [5.41, 5.74) is 2.77. The van der Waals surface area contributed by atoms with Gasteiger partial charge in [-0.2, -0.15) is 17.6 Å². The molecule has 0 aliphatic rings. The first-order valence-corrected chi connectivity index (χ1v) is 12.8. The minimum absolute atomic E-state index is 0.184. The van der Waals surface area contributed by atoms with Crippen LogP contribution in [0.25, 0.3) is 22.3 Å². The predicted molar refractivity (Wildman–Crippen MR) is 142 cm³/mol. The van der Waals surface area contributed by atoms with Gasteiger partial charge in [0.25, 0.3) is 0 Å².